The molecule has 1 fully saturated rings. The molecular formula is C11H12F3NO3S. The molecule has 19 heavy (non-hydrogen) atoms. The molecule has 1 aliphatic rings. The molecule has 0 aromatic heterocycles. The Bertz CT molecular complexity index is 599. The number of halogens is 3. The fourth-order valence-electron chi connectivity index (χ4n) is 1.61. The molecule has 0 radical (unpaired) electrons. The van der Waals surface area contributed by atoms with Crippen molar-refractivity contribution in [3.05, 3.63) is 29.6 Å². The van der Waals surface area contributed by atoms with Crippen LogP contribution in [0.5, 0.6) is 0 Å². The standard InChI is InChI=1S/C11H12F3NO3S/c12-7-1-2-8(10(14)9(7)13)19(17,18)15-5-11(6-16)3-4-11/h1-2,15-16H,3-6H2. The van der Waals surface area contributed by atoms with Crippen LogP contribution in [0.25, 0.3) is 0 Å². The fraction of sp³-hybridized carbons (Fsp3) is 0.455. The molecule has 4 nitrogen and oxygen atoms in total. The maximum absolute atomic E-state index is 13.4. The van der Waals surface area contributed by atoms with E-state index in [1.54, 1.807) is 0 Å². The second kappa shape index (κ2) is 4.77. The molecule has 0 unspecified atom stereocenters. The number of aliphatic hydroxyl groups excluding tert-OH is 1. The molecule has 0 amide bonds. The number of nitrogens with one attached hydrogen (secondary N) is 1. The Morgan fingerprint density at radius 3 is 2.37 bits per heavy atom. The highest BCUT2D eigenvalue weighted by molar-refractivity contribution is 7.89. The summed E-state index contributed by atoms with van der Waals surface area (Å²) in [6.07, 6.45) is 1.32. The molecule has 0 heterocycles. The minimum absolute atomic E-state index is 0.0652. The second-order valence-corrected chi connectivity index (χ2v) is 6.39. The van der Waals surface area contributed by atoms with Crippen molar-refractivity contribution < 1.29 is 26.7 Å². The van der Waals surface area contributed by atoms with Crippen LogP contribution in [0.2, 0.25) is 0 Å². The maximum atomic E-state index is 13.4. The SMILES string of the molecule is O=S(=O)(NCC1(CO)CC1)c1ccc(F)c(F)c1F. The van der Waals surface area contributed by atoms with Crippen LogP contribution < -0.4 is 4.72 Å². The fourth-order valence-corrected chi connectivity index (χ4v) is 2.83. The van der Waals surface area contributed by atoms with E-state index in [4.69, 9.17) is 5.11 Å². The van der Waals surface area contributed by atoms with Gasteiger partial charge in [-0.15, -0.1) is 0 Å². The third-order valence-corrected chi connectivity index (χ3v) is 4.64. The van der Waals surface area contributed by atoms with Gasteiger partial charge >= 0.3 is 0 Å². The van der Waals surface area contributed by atoms with Crippen molar-refractivity contribution in [3.63, 3.8) is 0 Å². The zero-order valence-electron chi connectivity index (χ0n) is 9.79. The van der Waals surface area contributed by atoms with E-state index in [1.165, 1.54) is 0 Å². The summed E-state index contributed by atoms with van der Waals surface area (Å²) in [4.78, 5) is -0.944. The molecule has 1 aromatic rings. The van der Waals surface area contributed by atoms with Crippen LogP contribution in [0, 0.1) is 22.9 Å². The van der Waals surface area contributed by atoms with Crippen molar-refractivity contribution in [2.75, 3.05) is 13.2 Å². The van der Waals surface area contributed by atoms with Crippen molar-refractivity contribution in [1.82, 2.24) is 4.72 Å². The lowest BCUT2D eigenvalue weighted by molar-refractivity contribution is 0.213. The molecule has 1 saturated carbocycles. The summed E-state index contributed by atoms with van der Waals surface area (Å²) in [7, 11) is -4.28. The van der Waals surface area contributed by atoms with E-state index in [9.17, 15) is 21.6 Å². The zero-order valence-corrected chi connectivity index (χ0v) is 10.6. The van der Waals surface area contributed by atoms with E-state index in [0.29, 0.717) is 25.0 Å². The van der Waals surface area contributed by atoms with Crippen molar-refractivity contribution >= 4 is 10.0 Å². The largest absolute Gasteiger partial charge is 0.396 e. The third-order valence-electron chi connectivity index (χ3n) is 3.22. The number of benzene rings is 1. The summed E-state index contributed by atoms with van der Waals surface area (Å²) in [5.74, 6) is -5.03. The van der Waals surface area contributed by atoms with Gasteiger partial charge in [0.15, 0.2) is 17.5 Å². The Morgan fingerprint density at radius 1 is 1.21 bits per heavy atom. The number of rotatable bonds is 5. The highest BCUT2D eigenvalue weighted by atomic mass is 32.2. The maximum Gasteiger partial charge on any atom is 0.243 e. The van der Waals surface area contributed by atoms with Gasteiger partial charge in [0.05, 0.1) is 0 Å². The van der Waals surface area contributed by atoms with Crippen molar-refractivity contribution in [2.45, 2.75) is 17.7 Å². The normalized spacial score (nSPS) is 17.5. The topological polar surface area (TPSA) is 66.4 Å². The first-order valence-electron chi connectivity index (χ1n) is 5.55. The van der Waals surface area contributed by atoms with Crippen LogP contribution in [0.15, 0.2) is 17.0 Å². The lowest BCUT2D eigenvalue weighted by Gasteiger charge is -2.13. The first-order chi connectivity index (χ1) is 8.81. The van der Waals surface area contributed by atoms with Crippen molar-refractivity contribution in [3.8, 4) is 0 Å². The van der Waals surface area contributed by atoms with Gasteiger partial charge in [-0.3, -0.25) is 0 Å². The lowest BCUT2D eigenvalue weighted by Crippen LogP contribution is -2.32. The molecule has 106 valence electrons. The minimum Gasteiger partial charge on any atom is -0.396 e. The second-order valence-electron chi connectivity index (χ2n) is 4.66. The van der Waals surface area contributed by atoms with E-state index in [-0.39, 0.29) is 13.2 Å². The molecule has 2 rings (SSSR count). The van der Waals surface area contributed by atoms with E-state index in [1.807, 2.05) is 0 Å². The van der Waals surface area contributed by atoms with E-state index in [0.717, 1.165) is 0 Å². The Morgan fingerprint density at radius 2 is 1.84 bits per heavy atom. The average molecular weight is 295 g/mol. The highest BCUT2D eigenvalue weighted by Gasteiger charge is 2.43. The van der Waals surface area contributed by atoms with Crippen molar-refractivity contribution in [1.29, 1.82) is 0 Å². The Hall–Kier alpha value is -1.12. The van der Waals surface area contributed by atoms with Gasteiger partial charge in [-0.25, -0.2) is 26.3 Å². The molecule has 0 saturated heterocycles. The Labute approximate surface area is 108 Å². The molecule has 0 aliphatic heterocycles. The number of sulfonamides is 1. The van der Waals surface area contributed by atoms with Crippen LogP contribution in [0.3, 0.4) is 0 Å². The van der Waals surface area contributed by atoms with Crippen LogP contribution in [0.4, 0.5) is 13.2 Å². The van der Waals surface area contributed by atoms with Gasteiger partial charge in [0, 0.05) is 18.6 Å². The molecule has 0 bridgehead atoms. The summed E-state index contributed by atoms with van der Waals surface area (Å²) in [6, 6.07) is 1.21. The molecule has 8 heteroatoms. The van der Waals surface area contributed by atoms with Crippen LogP contribution in [-0.4, -0.2) is 26.7 Å². The van der Waals surface area contributed by atoms with Crippen LogP contribution >= 0.6 is 0 Å². The Kier molecular flexibility index (Phi) is 3.59. The number of hydrogen-bond acceptors (Lipinski definition) is 3. The quantitative estimate of drug-likeness (QED) is 0.801. The predicted octanol–water partition coefficient (Wildman–Crippen LogP) is 1.15. The van der Waals surface area contributed by atoms with E-state index < -0.39 is 37.8 Å². The molecule has 0 atom stereocenters. The molecule has 0 spiro atoms. The van der Waals surface area contributed by atoms with E-state index >= 15 is 0 Å². The summed E-state index contributed by atoms with van der Waals surface area (Å²) in [6.45, 7) is -0.250. The third kappa shape index (κ3) is 2.75. The molecule has 1 aromatic carbocycles. The van der Waals surface area contributed by atoms with Gasteiger partial charge in [-0.1, -0.05) is 0 Å². The van der Waals surface area contributed by atoms with E-state index in [2.05, 4.69) is 4.72 Å². The average Bonchev–Trinajstić information content (AvgIpc) is 3.14. The molecule has 1 aliphatic carbocycles. The predicted molar refractivity (Wildman–Crippen MR) is 60.3 cm³/mol. The molecular weight excluding hydrogens is 283 g/mol. The molecule has 2 N–H and O–H groups in total. The zero-order chi connectivity index (χ0) is 14.3. The number of hydrogen-bond donors (Lipinski definition) is 2. The van der Waals surface area contributed by atoms with Crippen LogP contribution in [0.1, 0.15) is 12.8 Å². The highest BCUT2D eigenvalue weighted by Crippen LogP contribution is 2.44. The lowest BCUT2D eigenvalue weighted by atomic mass is 10.1. The van der Waals surface area contributed by atoms with Crippen LogP contribution in [-0.2, 0) is 10.0 Å². The first-order valence-corrected chi connectivity index (χ1v) is 7.04. The monoisotopic (exact) mass is 295 g/mol. The summed E-state index contributed by atoms with van der Waals surface area (Å²) < 4.78 is 64.8. The van der Waals surface area contributed by atoms with Gasteiger partial charge in [0.1, 0.15) is 4.90 Å². The van der Waals surface area contributed by atoms with Gasteiger partial charge in [-0.05, 0) is 25.0 Å². The van der Waals surface area contributed by atoms with Gasteiger partial charge in [-0.2, -0.15) is 0 Å². The van der Waals surface area contributed by atoms with Gasteiger partial charge < -0.3 is 5.11 Å². The van der Waals surface area contributed by atoms with Gasteiger partial charge in [0.25, 0.3) is 0 Å². The van der Waals surface area contributed by atoms with Crippen molar-refractivity contribution in [2.24, 2.45) is 5.41 Å². The summed E-state index contributed by atoms with van der Waals surface area (Å²) in [5, 5.41) is 9.04. The first kappa shape index (κ1) is 14.3. The summed E-state index contributed by atoms with van der Waals surface area (Å²) in [5.41, 5.74) is -0.512. The summed E-state index contributed by atoms with van der Waals surface area (Å²) >= 11 is 0. The smallest absolute Gasteiger partial charge is 0.243 e. The number of aliphatic hydroxyl groups is 1. The minimum atomic E-state index is -4.28. The Balaban J connectivity index is 2.23. The van der Waals surface area contributed by atoms with Gasteiger partial charge in [0.2, 0.25) is 10.0 Å².